The Morgan fingerprint density at radius 3 is 2.04 bits per heavy atom. The van der Waals surface area contributed by atoms with Crippen molar-refractivity contribution in [2.45, 2.75) is 89.5 Å². The lowest BCUT2D eigenvalue weighted by molar-refractivity contribution is -0.114. The number of aliphatic hydroxyl groups is 1. The van der Waals surface area contributed by atoms with Gasteiger partial charge in [-0.05, 0) is 74.7 Å². The van der Waals surface area contributed by atoms with Crippen molar-refractivity contribution in [3.05, 3.63) is 118 Å². The Morgan fingerprint density at radius 2 is 1.55 bits per heavy atom. The summed E-state index contributed by atoms with van der Waals surface area (Å²) in [5.41, 5.74) is 0.364. The summed E-state index contributed by atoms with van der Waals surface area (Å²) in [5.74, 6) is 1.03. The number of rotatable bonds is 17. The third-order valence-corrected chi connectivity index (χ3v) is 11.7. The molecule has 2 heterocycles. The van der Waals surface area contributed by atoms with Crippen molar-refractivity contribution in [2.24, 2.45) is 0 Å². The number of hydrogen-bond acceptors (Lipinski definition) is 11. The summed E-state index contributed by atoms with van der Waals surface area (Å²) in [6.45, 7) is 9.65. The van der Waals surface area contributed by atoms with Crippen molar-refractivity contribution in [2.75, 3.05) is 26.1 Å². The lowest BCUT2D eigenvalue weighted by Crippen LogP contribution is -2.52. The van der Waals surface area contributed by atoms with E-state index in [2.05, 4.69) is 21.0 Å². The number of amides is 1. The summed E-state index contributed by atoms with van der Waals surface area (Å²) >= 11 is 0. The first-order chi connectivity index (χ1) is 26.4. The number of nitrogens with one attached hydrogen (secondary N) is 1. The molecule has 14 heteroatoms. The van der Waals surface area contributed by atoms with E-state index in [4.69, 9.17) is 23.3 Å². The Bertz CT molecular complexity index is 1900. The second-order valence-corrected chi connectivity index (χ2v) is 15.1. The topological polar surface area (TPSA) is 157 Å². The molecule has 292 valence electrons. The van der Waals surface area contributed by atoms with Crippen LogP contribution in [0.2, 0.25) is 0 Å². The molecule has 0 saturated carbocycles. The lowest BCUT2D eigenvalue weighted by atomic mass is 9.64. The highest BCUT2D eigenvalue weighted by Gasteiger charge is 2.54. The first kappa shape index (κ1) is 41.5. The number of ether oxygens (including phenoxy) is 3. The second kappa shape index (κ2) is 18.8. The van der Waals surface area contributed by atoms with Crippen molar-refractivity contribution in [1.29, 1.82) is 5.26 Å². The third kappa shape index (κ3) is 9.24. The number of aliphatic hydroxyl groups excluding tert-OH is 1. The van der Waals surface area contributed by atoms with Crippen LogP contribution in [0.1, 0.15) is 70.4 Å². The number of benzene rings is 3. The van der Waals surface area contributed by atoms with Gasteiger partial charge in [0, 0.05) is 31.6 Å². The molecule has 1 aliphatic heterocycles. The zero-order valence-corrected chi connectivity index (χ0v) is 33.2. The van der Waals surface area contributed by atoms with E-state index in [0.29, 0.717) is 11.5 Å². The average molecular weight is 772 g/mol. The molecule has 5 rings (SSSR count). The number of hydrogen-bond donors (Lipinski definition) is 2. The van der Waals surface area contributed by atoms with Crippen LogP contribution < -0.4 is 20.5 Å². The van der Waals surface area contributed by atoms with Crippen LogP contribution in [0.5, 0.6) is 11.5 Å². The van der Waals surface area contributed by atoms with Gasteiger partial charge in [-0.2, -0.15) is 10.2 Å². The van der Waals surface area contributed by atoms with E-state index in [1.807, 2.05) is 107 Å². The Hall–Kier alpha value is -4.67. The summed E-state index contributed by atoms with van der Waals surface area (Å²) < 4.78 is 34.6. The van der Waals surface area contributed by atoms with Gasteiger partial charge in [-0.25, -0.2) is 9.46 Å². The molecule has 0 bridgehead atoms. The number of carbonyl (C=O) groups excluding carboxylic acids is 1. The zero-order chi connectivity index (χ0) is 39.7. The first-order valence-electron chi connectivity index (χ1n) is 18.2. The van der Waals surface area contributed by atoms with Gasteiger partial charge in [-0.15, -0.1) is 0 Å². The van der Waals surface area contributed by atoms with Gasteiger partial charge in [0.15, 0.2) is 0 Å². The van der Waals surface area contributed by atoms with Gasteiger partial charge in [-0.3, -0.25) is 9.36 Å². The molecule has 1 aromatic heterocycles. The van der Waals surface area contributed by atoms with Gasteiger partial charge >= 0.3 is 5.69 Å². The van der Waals surface area contributed by atoms with Crippen molar-refractivity contribution < 1.29 is 33.2 Å². The van der Waals surface area contributed by atoms with Gasteiger partial charge in [0.05, 0.1) is 44.8 Å². The van der Waals surface area contributed by atoms with E-state index >= 15 is 0 Å². The van der Waals surface area contributed by atoms with Crippen LogP contribution >= 0.6 is 8.53 Å². The molecule has 3 aromatic carbocycles. The molecule has 5 atom stereocenters. The summed E-state index contributed by atoms with van der Waals surface area (Å²) in [6, 6.07) is 28.5. The lowest BCUT2D eigenvalue weighted by Gasteiger charge is -2.44. The normalized spacial score (nSPS) is 18.3. The Labute approximate surface area is 323 Å². The molecule has 55 heavy (non-hydrogen) atoms. The summed E-state index contributed by atoms with van der Waals surface area (Å²) in [5, 5.41) is 25.2. The first-order valence-corrected chi connectivity index (χ1v) is 19.4. The average Bonchev–Trinajstić information content (AvgIpc) is 3.58. The Kier molecular flexibility index (Phi) is 14.2. The molecule has 0 spiro atoms. The minimum atomic E-state index is -1.79. The van der Waals surface area contributed by atoms with Crippen LogP contribution in [-0.4, -0.2) is 76.5 Å². The third-order valence-electron chi connectivity index (χ3n) is 9.52. The minimum Gasteiger partial charge on any atom is -0.497 e. The number of anilines is 1. The predicted molar refractivity (Wildman–Crippen MR) is 210 cm³/mol. The molecular weight excluding hydrogens is 721 g/mol. The Balaban J connectivity index is 1.71. The maximum atomic E-state index is 13.5. The highest BCUT2D eigenvalue weighted by Crippen LogP contribution is 2.53. The number of carbonyl (C=O) groups is 1. The van der Waals surface area contributed by atoms with Crippen LogP contribution in [0.15, 0.2) is 95.9 Å². The van der Waals surface area contributed by atoms with E-state index in [1.165, 1.54) is 23.8 Å². The van der Waals surface area contributed by atoms with E-state index in [1.54, 1.807) is 14.2 Å². The highest BCUT2D eigenvalue weighted by atomic mass is 31.2. The van der Waals surface area contributed by atoms with E-state index < -0.39 is 44.2 Å². The zero-order valence-electron chi connectivity index (χ0n) is 32.3. The van der Waals surface area contributed by atoms with Crippen molar-refractivity contribution in [3.8, 4) is 17.6 Å². The number of methoxy groups -OCH3 is 2. The maximum absolute atomic E-state index is 13.5. The van der Waals surface area contributed by atoms with Crippen LogP contribution in [0.25, 0.3) is 0 Å². The summed E-state index contributed by atoms with van der Waals surface area (Å²) in [7, 11) is 1.40. The van der Waals surface area contributed by atoms with Crippen molar-refractivity contribution in [3.63, 3.8) is 0 Å². The molecule has 1 fully saturated rings. The van der Waals surface area contributed by atoms with Crippen molar-refractivity contribution in [1.82, 2.24) is 14.2 Å². The second-order valence-electron chi connectivity index (χ2n) is 13.7. The maximum Gasteiger partial charge on any atom is 0.351 e. The van der Waals surface area contributed by atoms with Gasteiger partial charge in [0.2, 0.25) is 5.91 Å². The highest BCUT2D eigenvalue weighted by molar-refractivity contribution is 7.44. The summed E-state index contributed by atoms with van der Waals surface area (Å²) in [4.78, 5) is 29.3. The smallest absolute Gasteiger partial charge is 0.351 e. The number of aromatic nitrogens is 2. The molecule has 4 aromatic rings. The van der Waals surface area contributed by atoms with Crippen molar-refractivity contribution >= 4 is 20.3 Å². The molecule has 1 aliphatic rings. The Morgan fingerprint density at radius 1 is 0.982 bits per heavy atom. The fraction of sp³-hybridized carbons (Fsp3) is 0.415. The van der Waals surface area contributed by atoms with E-state index in [0.717, 1.165) is 16.7 Å². The monoisotopic (exact) mass is 771 g/mol. The quantitative estimate of drug-likeness (QED) is 0.0681. The van der Waals surface area contributed by atoms with E-state index in [-0.39, 0.29) is 43.3 Å². The van der Waals surface area contributed by atoms with Gasteiger partial charge < -0.3 is 33.7 Å². The fourth-order valence-electron chi connectivity index (χ4n) is 7.18. The van der Waals surface area contributed by atoms with Crippen LogP contribution in [0.4, 0.5) is 5.82 Å². The van der Waals surface area contributed by atoms with E-state index in [9.17, 15) is 20.0 Å². The molecule has 13 nitrogen and oxygen atoms in total. The molecule has 0 aliphatic carbocycles. The minimum absolute atomic E-state index is 0.00448. The van der Waals surface area contributed by atoms with Gasteiger partial charge in [-0.1, -0.05) is 54.6 Å². The number of nitriles is 1. The van der Waals surface area contributed by atoms with Gasteiger partial charge in [0.1, 0.15) is 35.8 Å². The standard InChI is InChI=1S/C41H50N5O8P/c1-27(2)46(28(3)4)55(52-25-11-23-42)54-35-26-37(45-24-22-36(43-29(5)47)44-40(45)49)53-38(35)39(48)41(30-12-9-8-10-13-30,31-14-18-33(50-6)19-15-31)32-16-20-34(51-7)21-17-32/h8-10,12-22,24,27-28,35,37-39,48H,11,25-26H2,1-7H3,(H,43,44,47,49)/t35-,37+,38-,39?,55?/m0/s1. The van der Waals surface area contributed by atoms with Crippen LogP contribution in [0, 0.1) is 11.3 Å². The predicted octanol–water partition coefficient (Wildman–Crippen LogP) is 6.56. The molecule has 2 N–H and O–H groups in total. The molecule has 1 amide bonds. The SMILES string of the molecule is COc1ccc(C(c2ccccc2)(c2ccc(OC)cc2)C(O)[C@H]2O[C@@H](n3ccc(NC(C)=O)nc3=O)C[C@@H]2OP(OCCC#N)N(C(C)C)C(C)C)cc1. The van der Waals surface area contributed by atoms with Gasteiger partial charge in [0.25, 0.3) is 8.53 Å². The molecule has 1 saturated heterocycles. The molecular formula is C41H50N5O8P. The van der Waals surface area contributed by atoms with Crippen LogP contribution in [0.3, 0.4) is 0 Å². The largest absolute Gasteiger partial charge is 0.497 e. The number of nitrogens with zero attached hydrogens (tertiary/aromatic N) is 4. The summed E-state index contributed by atoms with van der Waals surface area (Å²) in [6.07, 6.45) is -2.32. The fourth-order valence-corrected chi connectivity index (χ4v) is 8.92. The molecule has 2 unspecified atom stereocenters. The van der Waals surface area contributed by atoms with Crippen LogP contribution in [-0.2, 0) is 24.0 Å². The molecule has 0 radical (unpaired) electrons.